The number of aryl methyl sites for hydroxylation is 1. The fourth-order valence-corrected chi connectivity index (χ4v) is 1.55. The van der Waals surface area contributed by atoms with Crippen LogP contribution in [0.3, 0.4) is 0 Å². The lowest BCUT2D eigenvalue weighted by atomic mass is 10.3. The molecule has 0 fully saturated rings. The molecule has 1 heterocycles. The Bertz CT molecular complexity index is 453. The number of aromatic amines is 1. The second-order valence-electron chi connectivity index (χ2n) is 4.21. The highest BCUT2D eigenvalue weighted by molar-refractivity contribution is 5.99. The Hall–Kier alpha value is -2.02. The summed E-state index contributed by atoms with van der Waals surface area (Å²) in [5, 5.41) is 20.6. The van der Waals surface area contributed by atoms with Gasteiger partial charge in [0.15, 0.2) is 0 Å². The minimum atomic E-state index is -1.14. The van der Waals surface area contributed by atoms with Crippen molar-refractivity contribution in [3.05, 3.63) is 17.5 Å². The third-order valence-corrected chi connectivity index (χ3v) is 2.29. The largest absolute Gasteiger partial charge is 0.477 e. The third-order valence-electron chi connectivity index (χ3n) is 2.29. The maximum atomic E-state index is 11.7. The van der Waals surface area contributed by atoms with Gasteiger partial charge in [0.05, 0.1) is 11.8 Å². The fourth-order valence-electron chi connectivity index (χ4n) is 1.55. The Morgan fingerprint density at radius 3 is 2.67 bits per heavy atom. The molecule has 100 valence electrons. The van der Waals surface area contributed by atoms with Crippen molar-refractivity contribution in [2.45, 2.75) is 20.0 Å². The van der Waals surface area contributed by atoms with Crippen molar-refractivity contribution in [2.75, 3.05) is 18.9 Å². The van der Waals surface area contributed by atoms with E-state index in [-0.39, 0.29) is 17.9 Å². The minimum Gasteiger partial charge on any atom is -0.477 e. The predicted octanol–water partition coefficient (Wildman–Crippen LogP) is 0.866. The van der Waals surface area contributed by atoms with E-state index in [2.05, 4.69) is 10.3 Å². The molecule has 0 radical (unpaired) electrons. The Balaban J connectivity index is 2.78. The van der Waals surface area contributed by atoms with Crippen LogP contribution in [0.4, 0.5) is 10.5 Å². The number of nitrogens with zero attached hydrogens (tertiary/aromatic N) is 1. The number of carboxylic acid groups (broad SMARTS) is 1. The van der Waals surface area contributed by atoms with Crippen LogP contribution in [0.25, 0.3) is 0 Å². The van der Waals surface area contributed by atoms with E-state index in [1.165, 1.54) is 18.0 Å². The lowest BCUT2D eigenvalue weighted by Gasteiger charge is -2.19. The predicted molar refractivity (Wildman–Crippen MR) is 65.8 cm³/mol. The van der Waals surface area contributed by atoms with Gasteiger partial charge >= 0.3 is 12.0 Å². The van der Waals surface area contributed by atoms with Crippen LogP contribution in [0.5, 0.6) is 0 Å². The summed E-state index contributed by atoms with van der Waals surface area (Å²) in [6.07, 6.45) is -0.646. The van der Waals surface area contributed by atoms with E-state index in [1.807, 2.05) is 0 Å². The molecule has 0 aliphatic carbocycles. The number of aliphatic hydroxyl groups is 1. The van der Waals surface area contributed by atoms with E-state index in [4.69, 9.17) is 10.2 Å². The molecule has 0 spiro atoms. The Morgan fingerprint density at radius 2 is 2.17 bits per heavy atom. The fraction of sp³-hybridized carbons (Fsp3) is 0.455. The molecular formula is C11H17N3O4. The lowest BCUT2D eigenvalue weighted by Crippen LogP contribution is -2.36. The Kier molecular flexibility index (Phi) is 4.33. The summed E-state index contributed by atoms with van der Waals surface area (Å²) in [6, 6.07) is 1.06. The number of urea groups is 1. The van der Waals surface area contributed by atoms with E-state index in [1.54, 1.807) is 13.8 Å². The number of carbonyl (C=O) groups excluding carboxylic acids is 1. The van der Waals surface area contributed by atoms with Crippen molar-refractivity contribution >= 4 is 17.7 Å². The number of carbonyl (C=O) groups is 2. The normalized spacial score (nSPS) is 12.0. The molecule has 2 amide bonds. The van der Waals surface area contributed by atoms with Crippen molar-refractivity contribution in [3.63, 3.8) is 0 Å². The van der Waals surface area contributed by atoms with Crippen molar-refractivity contribution in [1.29, 1.82) is 0 Å². The van der Waals surface area contributed by atoms with Gasteiger partial charge in [0, 0.05) is 19.3 Å². The molecule has 1 aromatic heterocycles. The maximum Gasteiger partial charge on any atom is 0.354 e. The van der Waals surface area contributed by atoms with Gasteiger partial charge in [-0.1, -0.05) is 0 Å². The molecule has 0 aliphatic heterocycles. The van der Waals surface area contributed by atoms with Gasteiger partial charge in [-0.15, -0.1) is 0 Å². The molecule has 0 aromatic carbocycles. The lowest BCUT2D eigenvalue weighted by molar-refractivity contribution is 0.0692. The topological polar surface area (TPSA) is 106 Å². The number of rotatable bonds is 4. The van der Waals surface area contributed by atoms with Gasteiger partial charge in [0.2, 0.25) is 0 Å². The first-order valence-electron chi connectivity index (χ1n) is 5.44. The van der Waals surface area contributed by atoms with E-state index in [0.29, 0.717) is 5.69 Å². The quantitative estimate of drug-likeness (QED) is 0.640. The summed E-state index contributed by atoms with van der Waals surface area (Å²) < 4.78 is 0. The smallest absolute Gasteiger partial charge is 0.354 e. The number of H-pyrrole nitrogens is 1. The van der Waals surface area contributed by atoms with Gasteiger partial charge in [-0.05, 0) is 19.9 Å². The Morgan fingerprint density at radius 1 is 1.56 bits per heavy atom. The van der Waals surface area contributed by atoms with Crippen LogP contribution in [0.2, 0.25) is 0 Å². The van der Waals surface area contributed by atoms with Crippen LogP contribution in [0.1, 0.15) is 23.1 Å². The number of nitrogens with one attached hydrogen (secondary N) is 2. The second kappa shape index (κ2) is 5.54. The van der Waals surface area contributed by atoms with Crippen molar-refractivity contribution < 1.29 is 19.8 Å². The second-order valence-corrected chi connectivity index (χ2v) is 4.21. The van der Waals surface area contributed by atoms with Gasteiger partial charge in [-0.2, -0.15) is 0 Å². The number of aromatic nitrogens is 1. The summed E-state index contributed by atoms with van der Waals surface area (Å²) in [6.45, 7) is 3.42. The molecular weight excluding hydrogens is 238 g/mol. The average Bonchev–Trinajstić information content (AvgIpc) is 2.58. The molecule has 1 unspecified atom stereocenters. The molecule has 1 aromatic rings. The van der Waals surface area contributed by atoms with Crippen molar-refractivity contribution in [2.24, 2.45) is 0 Å². The average molecular weight is 255 g/mol. The number of aliphatic hydroxyl groups excluding tert-OH is 1. The first-order valence-corrected chi connectivity index (χ1v) is 5.44. The summed E-state index contributed by atoms with van der Waals surface area (Å²) in [5.41, 5.74) is 0.787. The number of hydrogen-bond donors (Lipinski definition) is 4. The first-order chi connectivity index (χ1) is 8.31. The first kappa shape index (κ1) is 14.0. The zero-order valence-corrected chi connectivity index (χ0v) is 10.5. The molecule has 0 aliphatic rings. The zero-order valence-electron chi connectivity index (χ0n) is 10.5. The molecule has 7 heteroatoms. The highest BCUT2D eigenvalue weighted by Crippen LogP contribution is 2.17. The monoisotopic (exact) mass is 255 g/mol. The Labute approximate surface area is 104 Å². The number of aromatic carboxylic acids is 1. The van der Waals surface area contributed by atoms with E-state index < -0.39 is 18.1 Å². The SMILES string of the molecule is Cc1cc(NC(=O)N(C)CC(C)O)c(C(=O)O)[nH]1. The van der Waals surface area contributed by atoms with Crippen LogP contribution in [-0.4, -0.2) is 51.8 Å². The van der Waals surface area contributed by atoms with Crippen LogP contribution < -0.4 is 5.32 Å². The van der Waals surface area contributed by atoms with E-state index in [9.17, 15) is 9.59 Å². The molecule has 1 atom stereocenters. The summed E-state index contributed by atoms with van der Waals surface area (Å²) in [4.78, 5) is 26.6. The molecule has 0 saturated carbocycles. The molecule has 0 bridgehead atoms. The van der Waals surface area contributed by atoms with Gasteiger partial charge in [-0.3, -0.25) is 0 Å². The van der Waals surface area contributed by atoms with Gasteiger partial charge in [-0.25, -0.2) is 9.59 Å². The van der Waals surface area contributed by atoms with Crippen LogP contribution in [-0.2, 0) is 0 Å². The molecule has 0 saturated heterocycles. The number of likely N-dealkylation sites (N-methyl/N-ethyl adjacent to an activating group) is 1. The van der Waals surface area contributed by atoms with E-state index in [0.717, 1.165) is 0 Å². The molecule has 4 N–H and O–H groups in total. The standard InChI is InChI=1S/C11H17N3O4/c1-6-4-8(9(12-6)10(16)17)13-11(18)14(3)5-7(2)15/h4,7,12,15H,5H2,1-3H3,(H,13,18)(H,16,17). The number of anilines is 1. The molecule has 7 nitrogen and oxygen atoms in total. The van der Waals surface area contributed by atoms with Gasteiger partial charge < -0.3 is 25.4 Å². The van der Waals surface area contributed by atoms with Crippen LogP contribution >= 0.6 is 0 Å². The molecule has 18 heavy (non-hydrogen) atoms. The highest BCUT2D eigenvalue weighted by Gasteiger charge is 2.17. The van der Waals surface area contributed by atoms with Crippen LogP contribution in [0, 0.1) is 6.92 Å². The molecule has 1 rings (SSSR count). The van der Waals surface area contributed by atoms with Gasteiger partial charge in [0.25, 0.3) is 0 Å². The minimum absolute atomic E-state index is 0.0636. The number of hydrogen-bond acceptors (Lipinski definition) is 3. The zero-order chi connectivity index (χ0) is 13.9. The summed E-state index contributed by atoms with van der Waals surface area (Å²) in [7, 11) is 1.52. The summed E-state index contributed by atoms with van der Waals surface area (Å²) in [5.74, 6) is -1.14. The van der Waals surface area contributed by atoms with Crippen LogP contribution in [0.15, 0.2) is 6.07 Å². The van der Waals surface area contributed by atoms with E-state index >= 15 is 0 Å². The highest BCUT2D eigenvalue weighted by atomic mass is 16.4. The van der Waals surface area contributed by atoms with Crippen molar-refractivity contribution in [3.8, 4) is 0 Å². The number of amides is 2. The van der Waals surface area contributed by atoms with Crippen molar-refractivity contribution in [1.82, 2.24) is 9.88 Å². The third kappa shape index (κ3) is 3.49. The maximum absolute atomic E-state index is 11.7. The van der Waals surface area contributed by atoms with Gasteiger partial charge in [0.1, 0.15) is 5.69 Å². The number of carboxylic acids is 1. The summed E-state index contributed by atoms with van der Waals surface area (Å²) >= 11 is 0.